The molecule has 0 atom stereocenters. The van der Waals surface area contributed by atoms with E-state index in [2.05, 4.69) is 10.3 Å². The van der Waals surface area contributed by atoms with Gasteiger partial charge >= 0.3 is 0 Å². The molecule has 0 radical (unpaired) electrons. The molecule has 0 aromatic carbocycles. The number of aromatic nitrogens is 1. The summed E-state index contributed by atoms with van der Waals surface area (Å²) in [6.07, 6.45) is 3.76. The van der Waals surface area contributed by atoms with E-state index in [4.69, 9.17) is 5.73 Å². The summed E-state index contributed by atoms with van der Waals surface area (Å²) in [4.78, 5) is 17.5. The second-order valence-corrected chi connectivity index (χ2v) is 3.75. The number of nitrogens with one attached hydrogen (secondary N) is 1. The number of hydrogen-bond acceptors (Lipinski definition) is 4. The number of pyridine rings is 1. The van der Waals surface area contributed by atoms with Crippen LogP contribution in [0.5, 0.6) is 0 Å². The Bertz CT molecular complexity index is 363. The van der Waals surface area contributed by atoms with Crippen molar-refractivity contribution in [1.29, 1.82) is 0 Å². The molecule has 0 saturated carbocycles. The van der Waals surface area contributed by atoms with Gasteiger partial charge < -0.3 is 16.0 Å². The smallest absolute Gasteiger partial charge is 0.224 e. The van der Waals surface area contributed by atoms with Crippen molar-refractivity contribution in [3.63, 3.8) is 0 Å². The molecule has 0 aliphatic heterocycles. The van der Waals surface area contributed by atoms with Crippen LogP contribution in [0.15, 0.2) is 18.5 Å². The van der Waals surface area contributed by atoms with Crippen molar-refractivity contribution in [1.82, 2.24) is 9.88 Å². The van der Waals surface area contributed by atoms with Gasteiger partial charge in [0.2, 0.25) is 5.91 Å². The molecular formula is C12H20N4O. The van der Waals surface area contributed by atoms with E-state index in [1.807, 2.05) is 18.7 Å². The number of anilines is 2. The summed E-state index contributed by atoms with van der Waals surface area (Å²) in [6.45, 7) is 6.08. The predicted molar refractivity (Wildman–Crippen MR) is 69.7 cm³/mol. The van der Waals surface area contributed by atoms with Gasteiger partial charge in [0.15, 0.2) is 0 Å². The monoisotopic (exact) mass is 236 g/mol. The Morgan fingerprint density at radius 1 is 1.41 bits per heavy atom. The summed E-state index contributed by atoms with van der Waals surface area (Å²) in [5.41, 5.74) is 7.06. The Morgan fingerprint density at radius 2 is 2.12 bits per heavy atom. The number of hydrogen-bond donors (Lipinski definition) is 2. The normalized spacial score (nSPS) is 10.0. The molecule has 3 N–H and O–H groups in total. The van der Waals surface area contributed by atoms with Gasteiger partial charge in [0.1, 0.15) is 0 Å². The number of amides is 1. The van der Waals surface area contributed by atoms with Gasteiger partial charge in [-0.25, -0.2) is 0 Å². The van der Waals surface area contributed by atoms with Gasteiger partial charge in [-0.2, -0.15) is 0 Å². The second kappa shape index (κ2) is 6.73. The van der Waals surface area contributed by atoms with Crippen LogP contribution in [0.3, 0.4) is 0 Å². The van der Waals surface area contributed by atoms with E-state index in [9.17, 15) is 4.79 Å². The van der Waals surface area contributed by atoms with Gasteiger partial charge in [-0.05, 0) is 19.9 Å². The van der Waals surface area contributed by atoms with Crippen LogP contribution in [-0.4, -0.2) is 35.4 Å². The number of nitrogens with zero attached hydrogens (tertiary/aromatic N) is 2. The predicted octanol–water partition coefficient (Wildman–Crippen LogP) is 1.33. The fourth-order valence-electron chi connectivity index (χ4n) is 1.60. The largest absolute Gasteiger partial charge is 0.397 e. The average Bonchev–Trinajstić information content (AvgIpc) is 2.30. The molecule has 1 heterocycles. The van der Waals surface area contributed by atoms with Gasteiger partial charge in [-0.3, -0.25) is 9.78 Å². The molecule has 0 bridgehead atoms. The van der Waals surface area contributed by atoms with Gasteiger partial charge in [0.05, 0.1) is 17.6 Å². The van der Waals surface area contributed by atoms with Crippen LogP contribution in [-0.2, 0) is 4.79 Å². The number of nitrogens with two attached hydrogens (primary N) is 1. The summed E-state index contributed by atoms with van der Waals surface area (Å²) in [5.74, 6) is 0.166. The Kier molecular flexibility index (Phi) is 5.26. The van der Waals surface area contributed by atoms with Crippen LogP contribution in [0.25, 0.3) is 0 Å². The Balaban J connectivity index is 2.35. The Labute approximate surface area is 102 Å². The highest BCUT2D eigenvalue weighted by molar-refractivity contribution is 5.76. The van der Waals surface area contributed by atoms with E-state index in [0.29, 0.717) is 18.7 Å². The first-order valence-electron chi connectivity index (χ1n) is 5.89. The van der Waals surface area contributed by atoms with Crippen LogP contribution in [0.2, 0.25) is 0 Å². The highest BCUT2D eigenvalue weighted by Crippen LogP contribution is 2.09. The molecule has 94 valence electrons. The molecule has 0 unspecified atom stereocenters. The number of carbonyl (C=O) groups is 1. The summed E-state index contributed by atoms with van der Waals surface area (Å²) in [6, 6.07) is 1.80. The van der Waals surface area contributed by atoms with E-state index in [1.54, 1.807) is 18.5 Å². The molecule has 1 amide bonds. The van der Waals surface area contributed by atoms with E-state index >= 15 is 0 Å². The summed E-state index contributed by atoms with van der Waals surface area (Å²) in [5, 5.41) is 3.13. The van der Waals surface area contributed by atoms with Crippen molar-refractivity contribution in [2.75, 3.05) is 30.7 Å². The fourth-order valence-corrected chi connectivity index (χ4v) is 1.60. The molecule has 0 fully saturated rings. The average molecular weight is 236 g/mol. The van der Waals surface area contributed by atoms with Crippen molar-refractivity contribution in [2.24, 2.45) is 0 Å². The maximum atomic E-state index is 11.7. The van der Waals surface area contributed by atoms with Gasteiger partial charge in [0.25, 0.3) is 0 Å². The van der Waals surface area contributed by atoms with E-state index in [1.165, 1.54) is 0 Å². The van der Waals surface area contributed by atoms with Crippen LogP contribution in [0.1, 0.15) is 20.3 Å². The minimum Gasteiger partial charge on any atom is -0.397 e. The standard InChI is InChI=1S/C12H20N4O/c1-3-16(4-2)12(17)5-6-15-11-7-10(13)8-14-9-11/h7-9,15H,3-6,13H2,1-2H3. The van der Waals surface area contributed by atoms with Gasteiger partial charge in [0, 0.05) is 32.3 Å². The molecule has 0 aliphatic rings. The fraction of sp³-hybridized carbons (Fsp3) is 0.500. The minimum absolute atomic E-state index is 0.166. The molecule has 1 aromatic heterocycles. The van der Waals surface area contributed by atoms with Crippen molar-refractivity contribution in [2.45, 2.75) is 20.3 Å². The first-order valence-corrected chi connectivity index (χ1v) is 5.89. The Hall–Kier alpha value is -1.78. The number of carbonyl (C=O) groups excluding carboxylic acids is 1. The first-order chi connectivity index (χ1) is 8.17. The minimum atomic E-state index is 0.166. The van der Waals surface area contributed by atoms with Crippen LogP contribution >= 0.6 is 0 Å². The van der Waals surface area contributed by atoms with Crippen molar-refractivity contribution >= 4 is 17.3 Å². The summed E-state index contributed by atoms with van der Waals surface area (Å²) < 4.78 is 0. The Morgan fingerprint density at radius 3 is 2.71 bits per heavy atom. The number of nitrogen functional groups attached to an aromatic ring is 1. The number of rotatable bonds is 6. The lowest BCUT2D eigenvalue weighted by Gasteiger charge is -2.18. The topological polar surface area (TPSA) is 71.2 Å². The van der Waals surface area contributed by atoms with Gasteiger partial charge in [-0.1, -0.05) is 0 Å². The third-order valence-electron chi connectivity index (χ3n) is 2.54. The summed E-state index contributed by atoms with van der Waals surface area (Å²) >= 11 is 0. The maximum Gasteiger partial charge on any atom is 0.224 e. The lowest BCUT2D eigenvalue weighted by molar-refractivity contribution is -0.130. The third kappa shape index (κ3) is 4.30. The molecule has 1 aromatic rings. The lowest BCUT2D eigenvalue weighted by Crippen LogP contribution is -2.31. The van der Waals surface area contributed by atoms with E-state index in [-0.39, 0.29) is 5.91 Å². The van der Waals surface area contributed by atoms with Crippen LogP contribution < -0.4 is 11.1 Å². The van der Waals surface area contributed by atoms with Crippen LogP contribution in [0.4, 0.5) is 11.4 Å². The molecule has 5 nitrogen and oxygen atoms in total. The van der Waals surface area contributed by atoms with Gasteiger partial charge in [-0.15, -0.1) is 0 Å². The molecule has 0 spiro atoms. The zero-order chi connectivity index (χ0) is 12.7. The molecule has 1 rings (SSSR count). The SMILES string of the molecule is CCN(CC)C(=O)CCNc1cncc(N)c1. The lowest BCUT2D eigenvalue weighted by atomic mass is 10.3. The van der Waals surface area contributed by atoms with E-state index in [0.717, 1.165) is 18.8 Å². The molecular weight excluding hydrogens is 216 g/mol. The maximum absolute atomic E-state index is 11.7. The molecule has 0 aliphatic carbocycles. The molecule has 5 heteroatoms. The third-order valence-corrected chi connectivity index (χ3v) is 2.54. The first kappa shape index (κ1) is 13.3. The van der Waals surface area contributed by atoms with Crippen molar-refractivity contribution in [3.8, 4) is 0 Å². The highest BCUT2D eigenvalue weighted by Gasteiger charge is 2.08. The zero-order valence-electron chi connectivity index (χ0n) is 10.4. The summed E-state index contributed by atoms with van der Waals surface area (Å²) in [7, 11) is 0. The second-order valence-electron chi connectivity index (χ2n) is 3.75. The van der Waals surface area contributed by atoms with E-state index < -0.39 is 0 Å². The molecule has 0 saturated heterocycles. The molecule has 17 heavy (non-hydrogen) atoms. The highest BCUT2D eigenvalue weighted by atomic mass is 16.2. The van der Waals surface area contributed by atoms with Crippen molar-refractivity contribution < 1.29 is 4.79 Å². The quantitative estimate of drug-likeness (QED) is 0.781. The van der Waals surface area contributed by atoms with Crippen LogP contribution in [0, 0.1) is 0 Å². The zero-order valence-corrected chi connectivity index (χ0v) is 10.4. The van der Waals surface area contributed by atoms with Crippen molar-refractivity contribution in [3.05, 3.63) is 18.5 Å².